The van der Waals surface area contributed by atoms with Crippen LogP contribution < -0.4 is 11.4 Å². The molecule has 0 unspecified atom stereocenters. The molecular formula is C7H8N4O. The first-order chi connectivity index (χ1) is 5.79. The molecule has 0 aliphatic rings. The molecule has 0 aliphatic heterocycles. The maximum absolute atomic E-state index is 10.8. The fraction of sp³-hybridized carbons (Fsp3) is 0.143. The number of nitrogens with zero attached hydrogens (tertiary/aromatic N) is 1. The third-order valence-electron chi connectivity index (χ3n) is 1.64. The number of rotatable bonds is 1. The van der Waals surface area contributed by atoms with Crippen molar-refractivity contribution in [1.82, 2.24) is 15.0 Å². The van der Waals surface area contributed by atoms with E-state index in [1.807, 2.05) is 0 Å². The van der Waals surface area contributed by atoms with Crippen molar-refractivity contribution in [3.05, 3.63) is 28.3 Å². The summed E-state index contributed by atoms with van der Waals surface area (Å²) in [5.41, 5.74) is 7.16. The molecule has 0 spiro atoms. The standard InChI is InChI=1S/C7H8N4O/c8-3-4-1-2-5-6(9-4)11-7(12)10-5/h1-2H,3,8H2,(H2,9,10,11,12). The second kappa shape index (κ2) is 2.46. The van der Waals surface area contributed by atoms with E-state index in [2.05, 4.69) is 15.0 Å². The third-order valence-corrected chi connectivity index (χ3v) is 1.64. The van der Waals surface area contributed by atoms with E-state index in [1.165, 1.54) is 0 Å². The minimum absolute atomic E-state index is 0.244. The van der Waals surface area contributed by atoms with Crippen LogP contribution >= 0.6 is 0 Å². The zero-order valence-corrected chi connectivity index (χ0v) is 6.29. The molecule has 12 heavy (non-hydrogen) atoms. The van der Waals surface area contributed by atoms with Crippen molar-refractivity contribution in [3.63, 3.8) is 0 Å². The summed E-state index contributed by atoms with van der Waals surface area (Å²) >= 11 is 0. The van der Waals surface area contributed by atoms with E-state index in [0.29, 0.717) is 17.7 Å². The summed E-state index contributed by atoms with van der Waals surface area (Å²) in [4.78, 5) is 20.1. The Balaban J connectivity index is 2.74. The summed E-state index contributed by atoms with van der Waals surface area (Å²) in [6, 6.07) is 3.56. The van der Waals surface area contributed by atoms with Crippen molar-refractivity contribution in [2.45, 2.75) is 6.54 Å². The summed E-state index contributed by atoms with van der Waals surface area (Å²) in [7, 11) is 0. The van der Waals surface area contributed by atoms with Gasteiger partial charge in [-0.3, -0.25) is 4.98 Å². The molecule has 2 rings (SSSR count). The Bertz CT molecular complexity index is 456. The van der Waals surface area contributed by atoms with Crippen molar-refractivity contribution >= 4 is 11.2 Å². The second-order valence-corrected chi connectivity index (χ2v) is 2.48. The molecule has 0 aromatic carbocycles. The van der Waals surface area contributed by atoms with E-state index in [0.717, 1.165) is 5.69 Å². The number of fused-ring (bicyclic) bond motifs is 1. The lowest BCUT2D eigenvalue weighted by Crippen LogP contribution is -2.00. The molecule has 62 valence electrons. The van der Waals surface area contributed by atoms with Crippen LogP contribution in [0.3, 0.4) is 0 Å². The van der Waals surface area contributed by atoms with Crippen LogP contribution in [0, 0.1) is 0 Å². The van der Waals surface area contributed by atoms with Crippen LogP contribution in [0.15, 0.2) is 16.9 Å². The van der Waals surface area contributed by atoms with E-state index in [9.17, 15) is 4.79 Å². The van der Waals surface area contributed by atoms with Crippen molar-refractivity contribution in [1.29, 1.82) is 0 Å². The molecule has 5 heteroatoms. The molecule has 0 saturated heterocycles. The van der Waals surface area contributed by atoms with Gasteiger partial charge < -0.3 is 10.7 Å². The minimum Gasteiger partial charge on any atom is -0.325 e. The zero-order valence-electron chi connectivity index (χ0n) is 6.29. The summed E-state index contributed by atoms with van der Waals surface area (Å²) in [5, 5.41) is 0. The second-order valence-electron chi connectivity index (χ2n) is 2.48. The third kappa shape index (κ3) is 0.998. The molecular weight excluding hydrogens is 156 g/mol. The molecule has 0 fully saturated rings. The van der Waals surface area contributed by atoms with Gasteiger partial charge in [0.15, 0.2) is 5.65 Å². The van der Waals surface area contributed by atoms with Crippen LogP contribution in [0.25, 0.3) is 11.2 Å². The average molecular weight is 164 g/mol. The quantitative estimate of drug-likeness (QED) is 0.541. The molecule has 0 bridgehead atoms. The van der Waals surface area contributed by atoms with Gasteiger partial charge in [-0.05, 0) is 12.1 Å². The molecule has 0 amide bonds. The van der Waals surface area contributed by atoms with Crippen molar-refractivity contribution in [2.75, 3.05) is 0 Å². The Kier molecular flexibility index (Phi) is 1.44. The van der Waals surface area contributed by atoms with Crippen molar-refractivity contribution in [3.8, 4) is 0 Å². The number of pyridine rings is 1. The first-order valence-corrected chi connectivity index (χ1v) is 3.57. The highest BCUT2D eigenvalue weighted by molar-refractivity contribution is 5.69. The van der Waals surface area contributed by atoms with Gasteiger partial charge in [0.05, 0.1) is 11.2 Å². The maximum atomic E-state index is 10.8. The van der Waals surface area contributed by atoms with Gasteiger partial charge in [-0.15, -0.1) is 0 Å². The molecule has 5 nitrogen and oxygen atoms in total. The van der Waals surface area contributed by atoms with Crippen LogP contribution in [0.4, 0.5) is 0 Å². The number of hydrogen-bond acceptors (Lipinski definition) is 3. The van der Waals surface area contributed by atoms with E-state index in [4.69, 9.17) is 5.73 Å². The highest BCUT2D eigenvalue weighted by Crippen LogP contribution is 2.03. The molecule has 0 aliphatic carbocycles. The summed E-state index contributed by atoms with van der Waals surface area (Å²) in [5.74, 6) is 0. The van der Waals surface area contributed by atoms with Crippen LogP contribution in [0.2, 0.25) is 0 Å². The lowest BCUT2D eigenvalue weighted by atomic mass is 10.3. The Morgan fingerprint density at radius 3 is 3.00 bits per heavy atom. The Morgan fingerprint density at radius 1 is 1.42 bits per heavy atom. The normalized spacial score (nSPS) is 10.8. The fourth-order valence-corrected chi connectivity index (χ4v) is 1.07. The summed E-state index contributed by atoms with van der Waals surface area (Å²) in [6.07, 6.45) is 0. The number of nitrogens with two attached hydrogens (primary N) is 1. The van der Waals surface area contributed by atoms with Gasteiger partial charge in [0.1, 0.15) is 0 Å². The highest BCUT2D eigenvalue weighted by Gasteiger charge is 1.98. The van der Waals surface area contributed by atoms with Crippen molar-refractivity contribution < 1.29 is 0 Å². The largest absolute Gasteiger partial charge is 0.325 e. The van der Waals surface area contributed by atoms with Crippen LogP contribution in [-0.2, 0) is 6.54 Å². The Labute approximate surface area is 67.6 Å². The number of nitrogens with one attached hydrogen (secondary N) is 2. The van der Waals surface area contributed by atoms with E-state index in [1.54, 1.807) is 12.1 Å². The van der Waals surface area contributed by atoms with Gasteiger partial charge in [-0.1, -0.05) is 0 Å². The molecule has 0 saturated carbocycles. The van der Waals surface area contributed by atoms with Gasteiger partial charge in [0.2, 0.25) is 0 Å². The Hall–Kier alpha value is -1.62. The average Bonchev–Trinajstić information content (AvgIpc) is 2.43. The lowest BCUT2D eigenvalue weighted by Gasteiger charge is -1.93. The molecule has 0 radical (unpaired) electrons. The van der Waals surface area contributed by atoms with Gasteiger partial charge >= 0.3 is 5.69 Å². The monoisotopic (exact) mass is 164 g/mol. The lowest BCUT2D eigenvalue weighted by molar-refractivity contribution is 1.00. The first-order valence-electron chi connectivity index (χ1n) is 3.57. The minimum atomic E-state index is -0.244. The molecule has 2 heterocycles. The van der Waals surface area contributed by atoms with E-state index in [-0.39, 0.29) is 5.69 Å². The number of aromatic nitrogens is 3. The number of H-pyrrole nitrogens is 2. The molecule has 2 aromatic rings. The van der Waals surface area contributed by atoms with Gasteiger partial charge in [-0.25, -0.2) is 9.78 Å². The molecule has 4 N–H and O–H groups in total. The maximum Gasteiger partial charge on any atom is 0.325 e. The van der Waals surface area contributed by atoms with Crippen LogP contribution in [-0.4, -0.2) is 15.0 Å². The number of hydrogen-bond donors (Lipinski definition) is 3. The van der Waals surface area contributed by atoms with Gasteiger partial charge in [0.25, 0.3) is 0 Å². The highest BCUT2D eigenvalue weighted by atomic mass is 16.1. The zero-order chi connectivity index (χ0) is 8.55. The fourth-order valence-electron chi connectivity index (χ4n) is 1.07. The molecule has 0 atom stereocenters. The van der Waals surface area contributed by atoms with Crippen LogP contribution in [0.1, 0.15) is 5.69 Å². The predicted octanol–water partition coefficient (Wildman–Crippen LogP) is -0.290. The van der Waals surface area contributed by atoms with Gasteiger partial charge in [0, 0.05) is 6.54 Å². The first kappa shape index (κ1) is 7.05. The summed E-state index contributed by atoms with van der Waals surface area (Å²) < 4.78 is 0. The molecule has 2 aromatic heterocycles. The van der Waals surface area contributed by atoms with E-state index >= 15 is 0 Å². The van der Waals surface area contributed by atoms with Crippen molar-refractivity contribution in [2.24, 2.45) is 5.73 Å². The predicted molar refractivity (Wildman–Crippen MR) is 44.6 cm³/mol. The Morgan fingerprint density at radius 2 is 2.25 bits per heavy atom. The SMILES string of the molecule is NCc1ccc2[nH]c(=O)[nH]c2n1. The summed E-state index contributed by atoms with van der Waals surface area (Å²) in [6.45, 7) is 0.378. The smallest absolute Gasteiger partial charge is 0.325 e. The topological polar surface area (TPSA) is 87.6 Å². The van der Waals surface area contributed by atoms with Gasteiger partial charge in [-0.2, -0.15) is 0 Å². The number of aromatic amines is 2. The number of imidazole rings is 1. The van der Waals surface area contributed by atoms with Crippen LogP contribution in [0.5, 0.6) is 0 Å². The van der Waals surface area contributed by atoms with E-state index < -0.39 is 0 Å².